The first-order valence-electron chi connectivity index (χ1n) is 20.0. The molecule has 3 heterocycles. The molecule has 2 bridgehead atoms. The maximum atomic E-state index is 15.5. The molecule has 12 nitrogen and oxygen atoms in total. The zero-order valence-corrected chi connectivity index (χ0v) is 32.2. The number of phenols is 1. The number of phenolic OH excluding ortho intramolecular Hbond substituents is 1. The molecule has 300 valence electrons. The number of amides is 2. The summed E-state index contributed by atoms with van der Waals surface area (Å²) >= 11 is 0. The van der Waals surface area contributed by atoms with Crippen molar-refractivity contribution in [2.24, 2.45) is 5.41 Å². The first-order chi connectivity index (χ1) is 28.2. The number of esters is 1. The lowest BCUT2D eigenvalue weighted by atomic mass is 9.62. The minimum absolute atomic E-state index is 0.0214. The number of ether oxygens (including phenoxy) is 3. The fourth-order valence-corrected chi connectivity index (χ4v) is 9.75. The number of benzene rings is 4. The summed E-state index contributed by atoms with van der Waals surface area (Å²) in [5.74, 6) is -2.25. The highest BCUT2D eigenvalue weighted by Crippen LogP contribution is 2.59. The first kappa shape index (κ1) is 38.2. The van der Waals surface area contributed by atoms with Crippen molar-refractivity contribution in [1.82, 2.24) is 15.3 Å². The predicted molar refractivity (Wildman–Crippen MR) is 212 cm³/mol. The summed E-state index contributed by atoms with van der Waals surface area (Å²) in [7, 11) is 1.60. The standard InChI is InChI=1S/C46H47N3O9/c1-48(35(42(52)47-22-23-50)24-29-12-3-2-4-13-29)44(54)46-27-37-38-39(57-45(56-38)25-32-16-6-7-17-33(32)26-45)41(46)58-49(40(46)43(53)55-37)28-34-18-8-5-14-30(34)19-11-20-31-15-9-10-21-36(31)51/h2-19,21,35,37-41,50-51H,20,22-28H2,1H3,(H,47,52). The molecule has 0 aromatic heterocycles. The number of fused-ring (bicyclic) bond motifs is 5. The molecule has 7 atom stereocenters. The number of hydroxylamine groups is 2. The summed E-state index contributed by atoms with van der Waals surface area (Å²) in [4.78, 5) is 52.2. The van der Waals surface area contributed by atoms with E-state index in [2.05, 4.69) is 17.4 Å². The molecule has 3 saturated heterocycles. The Morgan fingerprint density at radius 3 is 2.33 bits per heavy atom. The summed E-state index contributed by atoms with van der Waals surface area (Å²) in [6.07, 6.45) is 2.57. The monoisotopic (exact) mass is 785 g/mol. The number of carbonyl (C=O) groups excluding carboxylic acids is 3. The number of likely N-dealkylation sites (N-methyl/N-ethyl adjacent to an activating group) is 1. The van der Waals surface area contributed by atoms with E-state index >= 15 is 4.79 Å². The van der Waals surface area contributed by atoms with Gasteiger partial charge in [0.05, 0.1) is 13.2 Å². The van der Waals surface area contributed by atoms with Gasteiger partial charge in [-0.3, -0.25) is 19.2 Å². The van der Waals surface area contributed by atoms with Crippen LogP contribution >= 0.6 is 0 Å². The molecule has 58 heavy (non-hydrogen) atoms. The number of nitrogens with zero attached hydrogens (tertiary/aromatic N) is 2. The molecule has 5 aliphatic rings. The Balaban J connectivity index is 1.08. The van der Waals surface area contributed by atoms with Crippen molar-refractivity contribution in [2.75, 3.05) is 20.2 Å². The van der Waals surface area contributed by atoms with Gasteiger partial charge in [-0.05, 0) is 45.9 Å². The van der Waals surface area contributed by atoms with E-state index in [0.29, 0.717) is 19.3 Å². The van der Waals surface area contributed by atoms with Gasteiger partial charge in [0.1, 0.15) is 41.6 Å². The highest BCUT2D eigenvalue weighted by molar-refractivity contribution is 5.96. The fourth-order valence-electron chi connectivity index (χ4n) is 9.75. The van der Waals surface area contributed by atoms with E-state index in [-0.39, 0.29) is 38.3 Å². The second-order valence-corrected chi connectivity index (χ2v) is 16.0. The molecule has 3 N–H and O–H groups in total. The SMILES string of the molecule is CN(C(=O)C12CC3OC(=O)C1N(Cc1ccccc1C=CCc1ccccc1O)OC2C1OC2(Cc4ccccc4C2)OC31)C(Cc1ccccc1)C(=O)NCCO. The topological polar surface area (TPSA) is 147 Å². The maximum Gasteiger partial charge on any atom is 0.327 e. The molecule has 0 radical (unpaired) electrons. The molecule has 4 fully saturated rings. The largest absolute Gasteiger partial charge is 0.508 e. The van der Waals surface area contributed by atoms with E-state index in [1.807, 2.05) is 91.0 Å². The first-order valence-corrected chi connectivity index (χ1v) is 20.0. The van der Waals surface area contributed by atoms with Gasteiger partial charge >= 0.3 is 5.97 Å². The Hall–Kier alpha value is -5.37. The van der Waals surface area contributed by atoms with Gasteiger partial charge in [0.15, 0.2) is 11.8 Å². The third kappa shape index (κ3) is 6.68. The van der Waals surface area contributed by atoms with E-state index in [0.717, 1.165) is 33.4 Å². The molecule has 3 aliphatic heterocycles. The van der Waals surface area contributed by atoms with Crippen molar-refractivity contribution in [3.8, 4) is 5.75 Å². The molecule has 1 spiro atoms. The summed E-state index contributed by atoms with van der Waals surface area (Å²) in [6, 6.07) is 30.3. The summed E-state index contributed by atoms with van der Waals surface area (Å²) in [6.45, 7) is -0.104. The Kier molecular flexibility index (Phi) is 10.1. The third-order valence-electron chi connectivity index (χ3n) is 12.5. The lowest BCUT2D eigenvalue weighted by Crippen LogP contribution is -2.70. The molecule has 4 aromatic carbocycles. The van der Waals surface area contributed by atoms with E-state index < -0.39 is 65.5 Å². The van der Waals surface area contributed by atoms with Crippen LogP contribution in [0.15, 0.2) is 109 Å². The van der Waals surface area contributed by atoms with Gasteiger partial charge in [-0.15, -0.1) is 0 Å². The number of rotatable bonds is 12. The van der Waals surface area contributed by atoms with Crippen molar-refractivity contribution in [3.05, 3.63) is 143 Å². The summed E-state index contributed by atoms with van der Waals surface area (Å²) in [5, 5.41) is 24.2. The van der Waals surface area contributed by atoms with E-state index in [1.165, 1.54) is 4.90 Å². The highest BCUT2D eigenvalue weighted by atomic mass is 16.8. The minimum Gasteiger partial charge on any atom is -0.508 e. The Morgan fingerprint density at radius 1 is 0.914 bits per heavy atom. The fraction of sp³-hybridized carbons (Fsp3) is 0.370. The van der Waals surface area contributed by atoms with Crippen LogP contribution in [0.4, 0.5) is 0 Å². The van der Waals surface area contributed by atoms with Gasteiger partial charge in [-0.2, -0.15) is 5.06 Å². The third-order valence-corrected chi connectivity index (χ3v) is 12.5. The van der Waals surface area contributed by atoms with Crippen molar-refractivity contribution < 1.29 is 43.6 Å². The Labute approximate surface area is 336 Å². The number of para-hydroxylation sites is 1. The quantitative estimate of drug-likeness (QED) is 0.181. The maximum absolute atomic E-state index is 15.5. The van der Waals surface area contributed by atoms with Gasteiger partial charge in [0.25, 0.3) is 0 Å². The van der Waals surface area contributed by atoms with Crippen LogP contribution in [0.3, 0.4) is 0 Å². The number of aromatic hydroxyl groups is 1. The Morgan fingerprint density at radius 2 is 1.59 bits per heavy atom. The van der Waals surface area contributed by atoms with Crippen LogP contribution in [-0.4, -0.2) is 100 Å². The molecule has 2 amide bonds. The molecule has 2 aliphatic carbocycles. The second-order valence-electron chi connectivity index (χ2n) is 16.0. The average Bonchev–Trinajstić information content (AvgIpc) is 3.91. The van der Waals surface area contributed by atoms with Gasteiger partial charge in [0.2, 0.25) is 11.8 Å². The van der Waals surface area contributed by atoms with Crippen molar-refractivity contribution >= 4 is 23.9 Å². The lowest BCUT2D eigenvalue weighted by Gasteiger charge is -2.50. The average molecular weight is 786 g/mol. The van der Waals surface area contributed by atoms with Crippen LogP contribution in [0.1, 0.15) is 39.8 Å². The van der Waals surface area contributed by atoms with Crippen molar-refractivity contribution in [3.63, 3.8) is 0 Å². The molecule has 9 rings (SSSR count). The zero-order chi connectivity index (χ0) is 40.0. The lowest BCUT2D eigenvalue weighted by molar-refractivity contribution is -0.218. The van der Waals surface area contributed by atoms with Crippen LogP contribution in [0, 0.1) is 5.41 Å². The molecule has 4 aromatic rings. The van der Waals surface area contributed by atoms with Gasteiger partial charge in [0, 0.05) is 39.3 Å². The van der Waals surface area contributed by atoms with Gasteiger partial charge < -0.3 is 34.6 Å². The van der Waals surface area contributed by atoms with Crippen LogP contribution in [-0.2, 0) is 65.7 Å². The molecular formula is C46H47N3O9. The van der Waals surface area contributed by atoms with Crippen molar-refractivity contribution in [2.45, 2.75) is 80.9 Å². The van der Waals surface area contributed by atoms with E-state index in [9.17, 15) is 19.8 Å². The van der Waals surface area contributed by atoms with Crippen LogP contribution in [0.5, 0.6) is 5.75 Å². The number of aliphatic hydroxyl groups is 1. The highest BCUT2D eigenvalue weighted by Gasteiger charge is 2.77. The smallest absolute Gasteiger partial charge is 0.327 e. The van der Waals surface area contributed by atoms with Crippen molar-refractivity contribution in [1.29, 1.82) is 0 Å². The van der Waals surface area contributed by atoms with Crippen LogP contribution < -0.4 is 5.32 Å². The molecular weight excluding hydrogens is 739 g/mol. The second kappa shape index (κ2) is 15.4. The Bertz CT molecular complexity index is 2210. The molecule has 1 saturated carbocycles. The van der Waals surface area contributed by atoms with Gasteiger partial charge in [-0.25, -0.2) is 0 Å². The summed E-state index contributed by atoms with van der Waals surface area (Å²) < 4.78 is 20.0. The van der Waals surface area contributed by atoms with Gasteiger partial charge in [-0.1, -0.05) is 109 Å². The number of carbonyl (C=O) groups is 3. The number of hydrogen-bond donors (Lipinski definition) is 3. The summed E-state index contributed by atoms with van der Waals surface area (Å²) in [5.41, 5.74) is 4.08. The number of hydrogen-bond acceptors (Lipinski definition) is 10. The number of nitrogens with one attached hydrogen (secondary N) is 1. The van der Waals surface area contributed by atoms with E-state index in [4.69, 9.17) is 19.0 Å². The predicted octanol–water partition coefficient (Wildman–Crippen LogP) is 3.91. The number of allylic oxidation sites excluding steroid dienone is 1. The number of aliphatic hydroxyl groups excluding tert-OH is 1. The normalized spacial score (nSPS) is 26.9. The zero-order valence-electron chi connectivity index (χ0n) is 32.2. The minimum atomic E-state index is -1.50. The van der Waals surface area contributed by atoms with Crippen LogP contribution in [0.2, 0.25) is 0 Å². The van der Waals surface area contributed by atoms with E-state index in [1.54, 1.807) is 24.2 Å². The van der Waals surface area contributed by atoms with Crippen LogP contribution in [0.25, 0.3) is 6.08 Å². The molecule has 12 heteroatoms. The molecule has 7 unspecified atom stereocenters.